The van der Waals surface area contributed by atoms with Gasteiger partial charge in [-0.3, -0.25) is 0 Å². The van der Waals surface area contributed by atoms with Gasteiger partial charge in [-0.15, -0.1) is 0 Å². The van der Waals surface area contributed by atoms with Crippen molar-refractivity contribution in [2.75, 3.05) is 37.7 Å². The van der Waals surface area contributed by atoms with Crippen LogP contribution in [0.25, 0.3) is 0 Å². The number of hydrogen-bond acceptors (Lipinski definition) is 3. The first kappa shape index (κ1) is 14.9. The van der Waals surface area contributed by atoms with Crippen LogP contribution in [0.4, 0.5) is 5.69 Å². The smallest absolute Gasteiger partial charge is 0.119 e. The van der Waals surface area contributed by atoms with Crippen molar-refractivity contribution in [2.45, 2.75) is 13.3 Å². The molecule has 3 nitrogen and oxygen atoms in total. The number of piperazine rings is 1. The lowest BCUT2D eigenvalue weighted by atomic mass is 10.0. The van der Waals surface area contributed by atoms with Crippen LogP contribution < -0.4 is 15.0 Å². The van der Waals surface area contributed by atoms with Crippen LogP contribution in [0.5, 0.6) is 5.75 Å². The van der Waals surface area contributed by atoms with Gasteiger partial charge in [0.25, 0.3) is 0 Å². The van der Waals surface area contributed by atoms with Crippen molar-refractivity contribution >= 4 is 5.69 Å². The molecule has 1 aliphatic heterocycles. The molecule has 0 bridgehead atoms. The highest BCUT2D eigenvalue weighted by molar-refractivity contribution is 5.48. The summed E-state index contributed by atoms with van der Waals surface area (Å²) in [6.45, 7) is 7.07. The van der Waals surface area contributed by atoms with Crippen molar-refractivity contribution in [2.24, 2.45) is 0 Å². The third kappa shape index (κ3) is 3.80. The zero-order valence-electron chi connectivity index (χ0n) is 13.2. The summed E-state index contributed by atoms with van der Waals surface area (Å²) >= 11 is 0. The normalized spacial score (nSPS) is 14.9. The minimum Gasteiger partial charge on any atom is -0.494 e. The molecule has 3 rings (SSSR count). The van der Waals surface area contributed by atoms with E-state index in [9.17, 15) is 0 Å². The second-order valence-corrected chi connectivity index (χ2v) is 5.66. The molecule has 0 aromatic heterocycles. The highest BCUT2D eigenvalue weighted by Gasteiger charge is 2.09. The van der Waals surface area contributed by atoms with Crippen LogP contribution in [-0.4, -0.2) is 32.8 Å². The Balaban J connectivity index is 1.62. The van der Waals surface area contributed by atoms with E-state index in [1.807, 2.05) is 19.1 Å². The van der Waals surface area contributed by atoms with Gasteiger partial charge in [0.15, 0.2) is 0 Å². The lowest BCUT2D eigenvalue weighted by molar-refractivity contribution is 0.340. The number of ether oxygens (including phenoxy) is 1. The number of nitrogens with zero attached hydrogens (tertiary/aromatic N) is 1. The van der Waals surface area contributed by atoms with Crippen LogP contribution in [0, 0.1) is 0 Å². The average Bonchev–Trinajstić information content (AvgIpc) is 2.58. The summed E-state index contributed by atoms with van der Waals surface area (Å²) in [5.74, 6) is 0.945. The van der Waals surface area contributed by atoms with E-state index < -0.39 is 0 Å². The molecule has 0 unspecified atom stereocenters. The Morgan fingerprint density at radius 2 is 1.50 bits per heavy atom. The quantitative estimate of drug-likeness (QED) is 0.917. The maximum absolute atomic E-state index is 5.48. The second kappa shape index (κ2) is 7.32. The maximum atomic E-state index is 5.48. The molecule has 1 saturated heterocycles. The Morgan fingerprint density at radius 1 is 0.909 bits per heavy atom. The molecular formula is C19H24N2O. The molecule has 2 aromatic carbocycles. The molecule has 0 saturated carbocycles. The first-order valence-corrected chi connectivity index (χ1v) is 8.11. The number of anilines is 1. The highest BCUT2D eigenvalue weighted by Crippen LogP contribution is 2.19. The van der Waals surface area contributed by atoms with Gasteiger partial charge < -0.3 is 15.0 Å². The van der Waals surface area contributed by atoms with Crippen LogP contribution in [0.1, 0.15) is 18.1 Å². The van der Waals surface area contributed by atoms with E-state index >= 15 is 0 Å². The number of nitrogens with one attached hydrogen (secondary N) is 1. The molecule has 1 heterocycles. The predicted octanol–water partition coefficient (Wildman–Crippen LogP) is 3.09. The van der Waals surface area contributed by atoms with Crippen LogP contribution in [0.3, 0.4) is 0 Å². The molecular weight excluding hydrogens is 272 g/mol. The van der Waals surface area contributed by atoms with Gasteiger partial charge in [0.05, 0.1) is 6.61 Å². The lowest BCUT2D eigenvalue weighted by Crippen LogP contribution is -2.43. The van der Waals surface area contributed by atoms with E-state index in [2.05, 4.69) is 46.6 Å². The van der Waals surface area contributed by atoms with Crippen LogP contribution in [0.15, 0.2) is 48.5 Å². The van der Waals surface area contributed by atoms with Gasteiger partial charge in [0, 0.05) is 31.9 Å². The minimum absolute atomic E-state index is 0.715. The van der Waals surface area contributed by atoms with Crippen molar-refractivity contribution in [1.29, 1.82) is 0 Å². The molecule has 0 aliphatic carbocycles. The lowest BCUT2D eigenvalue weighted by Gasteiger charge is -2.29. The van der Waals surface area contributed by atoms with Gasteiger partial charge in [-0.25, -0.2) is 0 Å². The molecule has 1 N–H and O–H groups in total. The summed E-state index contributed by atoms with van der Waals surface area (Å²) in [6, 6.07) is 17.4. The second-order valence-electron chi connectivity index (χ2n) is 5.66. The van der Waals surface area contributed by atoms with E-state index in [-0.39, 0.29) is 0 Å². The van der Waals surface area contributed by atoms with E-state index in [0.717, 1.165) is 38.3 Å². The largest absolute Gasteiger partial charge is 0.494 e. The van der Waals surface area contributed by atoms with Crippen molar-refractivity contribution in [3.8, 4) is 5.75 Å². The Morgan fingerprint density at radius 3 is 2.09 bits per heavy atom. The maximum Gasteiger partial charge on any atom is 0.119 e. The summed E-state index contributed by atoms with van der Waals surface area (Å²) in [6.07, 6.45) is 0.967. The molecule has 0 radical (unpaired) electrons. The van der Waals surface area contributed by atoms with Crippen LogP contribution in [-0.2, 0) is 6.42 Å². The molecule has 1 fully saturated rings. The minimum atomic E-state index is 0.715. The van der Waals surface area contributed by atoms with Crippen molar-refractivity contribution in [3.63, 3.8) is 0 Å². The summed E-state index contributed by atoms with van der Waals surface area (Å²) in [5, 5.41) is 3.39. The van der Waals surface area contributed by atoms with E-state index in [1.54, 1.807) is 0 Å². The molecule has 0 atom stereocenters. The summed E-state index contributed by atoms with van der Waals surface area (Å²) < 4.78 is 5.48. The molecule has 0 amide bonds. The van der Waals surface area contributed by atoms with Gasteiger partial charge in [0.2, 0.25) is 0 Å². The highest BCUT2D eigenvalue weighted by atomic mass is 16.5. The number of hydrogen-bond donors (Lipinski definition) is 1. The SMILES string of the molecule is CCOc1ccc(Cc2ccc(N3CCNCC3)cc2)cc1. The zero-order chi connectivity index (χ0) is 15.2. The van der Waals surface area contributed by atoms with Crippen LogP contribution in [0.2, 0.25) is 0 Å². The van der Waals surface area contributed by atoms with E-state index in [0.29, 0.717) is 6.61 Å². The Bertz CT molecular complexity index is 571. The molecule has 0 spiro atoms. The molecule has 22 heavy (non-hydrogen) atoms. The van der Waals surface area contributed by atoms with E-state index in [4.69, 9.17) is 4.74 Å². The number of rotatable bonds is 5. The van der Waals surface area contributed by atoms with Crippen molar-refractivity contribution < 1.29 is 4.74 Å². The van der Waals surface area contributed by atoms with Gasteiger partial charge in [0.1, 0.15) is 5.75 Å². The topological polar surface area (TPSA) is 24.5 Å². The molecule has 3 heteroatoms. The Hall–Kier alpha value is -2.00. The molecule has 116 valence electrons. The average molecular weight is 296 g/mol. The summed E-state index contributed by atoms with van der Waals surface area (Å²) in [5.41, 5.74) is 4.00. The first-order chi connectivity index (χ1) is 10.8. The monoisotopic (exact) mass is 296 g/mol. The fourth-order valence-corrected chi connectivity index (χ4v) is 2.85. The molecule has 1 aliphatic rings. The fraction of sp³-hybridized carbons (Fsp3) is 0.368. The standard InChI is InChI=1S/C19H24N2O/c1-2-22-19-9-5-17(6-10-19)15-16-3-7-18(8-4-16)21-13-11-20-12-14-21/h3-10,20H,2,11-15H2,1H3. The first-order valence-electron chi connectivity index (χ1n) is 8.11. The van der Waals surface area contributed by atoms with Gasteiger partial charge in [-0.2, -0.15) is 0 Å². The van der Waals surface area contributed by atoms with Crippen LogP contribution >= 0.6 is 0 Å². The Labute approximate surface area is 132 Å². The third-order valence-corrected chi connectivity index (χ3v) is 4.06. The Kier molecular flexibility index (Phi) is 4.96. The van der Waals surface area contributed by atoms with Crippen molar-refractivity contribution in [3.05, 3.63) is 59.7 Å². The van der Waals surface area contributed by atoms with E-state index in [1.165, 1.54) is 16.8 Å². The zero-order valence-corrected chi connectivity index (χ0v) is 13.2. The van der Waals surface area contributed by atoms with Gasteiger partial charge in [-0.05, 0) is 48.7 Å². The van der Waals surface area contributed by atoms with Gasteiger partial charge in [-0.1, -0.05) is 24.3 Å². The summed E-state index contributed by atoms with van der Waals surface area (Å²) in [4.78, 5) is 2.44. The van der Waals surface area contributed by atoms with Gasteiger partial charge >= 0.3 is 0 Å². The predicted molar refractivity (Wildman–Crippen MR) is 91.9 cm³/mol. The molecule has 2 aromatic rings. The third-order valence-electron chi connectivity index (χ3n) is 4.06. The number of benzene rings is 2. The fourth-order valence-electron chi connectivity index (χ4n) is 2.85. The van der Waals surface area contributed by atoms with Crippen molar-refractivity contribution in [1.82, 2.24) is 5.32 Å². The summed E-state index contributed by atoms with van der Waals surface area (Å²) in [7, 11) is 0.